The molecular formula is C26H37N7O2. The first kappa shape index (κ1) is 25.3. The van der Waals surface area contributed by atoms with Crippen molar-refractivity contribution < 1.29 is 9.47 Å². The van der Waals surface area contributed by atoms with Crippen molar-refractivity contribution in [2.75, 3.05) is 44.1 Å². The van der Waals surface area contributed by atoms with Crippen molar-refractivity contribution in [3.05, 3.63) is 30.6 Å². The fraction of sp³-hybridized carbons (Fsp3) is 0.615. The lowest BCUT2D eigenvalue weighted by atomic mass is 9.82. The first-order chi connectivity index (χ1) is 17.1. The van der Waals surface area contributed by atoms with E-state index in [0.29, 0.717) is 37.9 Å². The van der Waals surface area contributed by atoms with Crippen molar-refractivity contribution in [1.82, 2.24) is 20.3 Å². The quantitative estimate of drug-likeness (QED) is 0.470. The molecule has 2 fully saturated rings. The topological polar surface area (TPSA) is 117 Å². The number of rotatable bonds is 10. The summed E-state index contributed by atoms with van der Waals surface area (Å²) in [6, 6.07) is 11.6. The van der Waals surface area contributed by atoms with Crippen LogP contribution in [0.4, 0.5) is 11.6 Å². The number of nitriles is 1. The predicted octanol–water partition coefficient (Wildman–Crippen LogP) is 3.62. The van der Waals surface area contributed by atoms with E-state index < -0.39 is 5.41 Å². The second-order valence-electron chi connectivity index (χ2n) is 9.77. The summed E-state index contributed by atoms with van der Waals surface area (Å²) in [5, 5.41) is 20.3. The number of ether oxygens (including phenoxy) is 2. The lowest BCUT2D eigenvalue weighted by molar-refractivity contribution is 0.0455. The molecular weight excluding hydrogens is 442 g/mol. The van der Waals surface area contributed by atoms with Gasteiger partial charge in [-0.05, 0) is 57.6 Å². The molecule has 3 heterocycles. The second-order valence-corrected chi connectivity index (χ2v) is 9.77. The van der Waals surface area contributed by atoms with E-state index in [1.54, 1.807) is 13.4 Å². The summed E-state index contributed by atoms with van der Waals surface area (Å²) in [7, 11) is 1.74. The number of pyridine rings is 1. The van der Waals surface area contributed by atoms with Gasteiger partial charge in [0.05, 0.1) is 29.5 Å². The Labute approximate surface area is 208 Å². The third-order valence-corrected chi connectivity index (χ3v) is 6.99. The summed E-state index contributed by atoms with van der Waals surface area (Å²) in [6.45, 7) is 4.72. The van der Waals surface area contributed by atoms with Gasteiger partial charge in [-0.3, -0.25) is 0 Å². The van der Waals surface area contributed by atoms with Crippen LogP contribution >= 0.6 is 0 Å². The van der Waals surface area contributed by atoms with E-state index in [4.69, 9.17) is 14.5 Å². The van der Waals surface area contributed by atoms with Gasteiger partial charge in [0.2, 0.25) is 0 Å². The van der Waals surface area contributed by atoms with Crippen LogP contribution in [-0.2, 0) is 9.47 Å². The van der Waals surface area contributed by atoms with Gasteiger partial charge in [-0.2, -0.15) is 5.26 Å². The minimum atomic E-state index is -0.404. The molecule has 35 heavy (non-hydrogen) atoms. The second kappa shape index (κ2) is 12.2. The van der Waals surface area contributed by atoms with E-state index in [-0.39, 0.29) is 0 Å². The van der Waals surface area contributed by atoms with Gasteiger partial charge >= 0.3 is 0 Å². The van der Waals surface area contributed by atoms with E-state index in [1.807, 2.05) is 24.3 Å². The zero-order valence-electron chi connectivity index (χ0n) is 20.8. The molecule has 1 aliphatic carbocycles. The molecule has 1 saturated carbocycles. The van der Waals surface area contributed by atoms with Crippen LogP contribution in [0.5, 0.6) is 0 Å². The molecule has 2 aromatic rings. The molecule has 1 saturated heterocycles. The highest BCUT2D eigenvalue weighted by Gasteiger charge is 2.32. The average molecular weight is 480 g/mol. The van der Waals surface area contributed by atoms with Crippen molar-refractivity contribution in [3.8, 4) is 17.5 Å². The number of nitrogens with zero attached hydrogens (tertiary/aromatic N) is 4. The van der Waals surface area contributed by atoms with Crippen LogP contribution in [0.1, 0.15) is 45.4 Å². The fourth-order valence-electron chi connectivity index (χ4n) is 4.92. The molecule has 9 heteroatoms. The SMILES string of the molecule is COC[C@@H](C)N[C@H]1CC[C@H](Nc2cc(-c3cccc(NCC4(C#N)CCOCC4)n3)ncn2)CC1. The monoisotopic (exact) mass is 479 g/mol. The van der Waals surface area contributed by atoms with Gasteiger partial charge in [0.1, 0.15) is 18.0 Å². The van der Waals surface area contributed by atoms with E-state index in [9.17, 15) is 5.26 Å². The predicted molar refractivity (Wildman–Crippen MR) is 136 cm³/mol. The minimum absolute atomic E-state index is 0.374. The van der Waals surface area contributed by atoms with Crippen molar-refractivity contribution in [3.63, 3.8) is 0 Å². The van der Waals surface area contributed by atoms with Gasteiger partial charge in [-0.1, -0.05) is 6.07 Å². The molecule has 2 aliphatic rings. The Morgan fingerprint density at radius 2 is 1.89 bits per heavy atom. The van der Waals surface area contributed by atoms with Crippen LogP contribution in [0.15, 0.2) is 30.6 Å². The van der Waals surface area contributed by atoms with Crippen molar-refractivity contribution in [1.29, 1.82) is 5.26 Å². The molecule has 0 spiro atoms. The Morgan fingerprint density at radius 3 is 2.63 bits per heavy atom. The third kappa shape index (κ3) is 7.10. The van der Waals surface area contributed by atoms with Crippen LogP contribution < -0.4 is 16.0 Å². The zero-order chi connectivity index (χ0) is 24.5. The first-order valence-corrected chi connectivity index (χ1v) is 12.6. The maximum atomic E-state index is 9.69. The summed E-state index contributed by atoms with van der Waals surface area (Å²) in [5.41, 5.74) is 1.15. The Kier molecular flexibility index (Phi) is 8.85. The Morgan fingerprint density at radius 1 is 1.11 bits per heavy atom. The third-order valence-electron chi connectivity index (χ3n) is 6.99. The van der Waals surface area contributed by atoms with Gasteiger partial charge in [0.25, 0.3) is 0 Å². The van der Waals surface area contributed by atoms with Crippen LogP contribution in [0.3, 0.4) is 0 Å². The van der Waals surface area contributed by atoms with Crippen LogP contribution in [0.2, 0.25) is 0 Å². The molecule has 0 amide bonds. The van der Waals surface area contributed by atoms with E-state index in [0.717, 1.165) is 68.2 Å². The highest BCUT2D eigenvalue weighted by atomic mass is 16.5. The van der Waals surface area contributed by atoms with Crippen LogP contribution in [-0.4, -0.2) is 66.6 Å². The lowest BCUT2D eigenvalue weighted by Crippen LogP contribution is -2.42. The summed E-state index contributed by atoms with van der Waals surface area (Å²) in [4.78, 5) is 13.6. The number of aromatic nitrogens is 3. The highest BCUT2D eigenvalue weighted by Crippen LogP contribution is 2.30. The Hall–Kier alpha value is -2.80. The molecule has 0 bridgehead atoms. The maximum absolute atomic E-state index is 9.69. The zero-order valence-corrected chi connectivity index (χ0v) is 20.8. The molecule has 9 nitrogen and oxygen atoms in total. The number of hydrogen-bond donors (Lipinski definition) is 3. The molecule has 4 rings (SSSR count). The summed E-state index contributed by atoms with van der Waals surface area (Å²) >= 11 is 0. The smallest absolute Gasteiger partial charge is 0.130 e. The van der Waals surface area contributed by atoms with Crippen molar-refractivity contribution >= 4 is 11.6 Å². The van der Waals surface area contributed by atoms with Gasteiger partial charge < -0.3 is 25.4 Å². The van der Waals surface area contributed by atoms with Crippen molar-refractivity contribution in [2.24, 2.45) is 5.41 Å². The molecule has 0 unspecified atom stereocenters. The van der Waals surface area contributed by atoms with Gasteiger partial charge in [-0.25, -0.2) is 15.0 Å². The molecule has 188 valence electrons. The average Bonchev–Trinajstić information content (AvgIpc) is 2.90. The standard InChI is InChI=1S/C26H37N7O2/c1-19(15-34-2)31-20-6-8-21(9-7-20)32-25-14-23(29-18-30-25)22-4-3-5-24(33-22)28-17-26(16-27)10-12-35-13-11-26/h3-5,14,18-21,31H,6-13,15,17H2,1-2H3,(H,28,33)(H,29,30,32)/t19-,20-,21-/m1/s1. The highest BCUT2D eigenvalue weighted by molar-refractivity contribution is 5.60. The van der Waals surface area contributed by atoms with E-state index in [2.05, 4.69) is 38.9 Å². The molecule has 1 aliphatic heterocycles. The molecule has 3 N–H and O–H groups in total. The van der Waals surface area contributed by atoms with Crippen LogP contribution in [0.25, 0.3) is 11.4 Å². The number of methoxy groups -OCH3 is 1. The summed E-state index contributed by atoms with van der Waals surface area (Å²) < 4.78 is 10.7. The van der Waals surface area contributed by atoms with E-state index >= 15 is 0 Å². The number of anilines is 2. The van der Waals surface area contributed by atoms with Gasteiger partial charge in [-0.15, -0.1) is 0 Å². The Balaban J connectivity index is 1.33. The van der Waals surface area contributed by atoms with Crippen molar-refractivity contribution in [2.45, 2.75) is 63.6 Å². The van der Waals surface area contributed by atoms with Gasteiger partial charge in [0, 0.05) is 51.1 Å². The largest absolute Gasteiger partial charge is 0.383 e. The maximum Gasteiger partial charge on any atom is 0.130 e. The molecule has 0 radical (unpaired) electrons. The normalized spacial score (nSPS) is 22.7. The minimum Gasteiger partial charge on any atom is -0.383 e. The van der Waals surface area contributed by atoms with E-state index in [1.165, 1.54) is 0 Å². The molecule has 0 aromatic carbocycles. The van der Waals surface area contributed by atoms with Crippen LogP contribution in [0, 0.1) is 16.7 Å². The van der Waals surface area contributed by atoms with Gasteiger partial charge in [0.15, 0.2) is 0 Å². The number of hydrogen-bond acceptors (Lipinski definition) is 9. The lowest BCUT2D eigenvalue weighted by Gasteiger charge is -2.31. The first-order valence-electron chi connectivity index (χ1n) is 12.6. The fourth-order valence-corrected chi connectivity index (χ4v) is 4.92. The summed E-state index contributed by atoms with van der Waals surface area (Å²) in [5.74, 6) is 1.57. The molecule has 1 atom stereocenters. The summed E-state index contributed by atoms with van der Waals surface area (Å²) in [6.07, 6.45) is 7.53. The number of nitrogens with one attached hydrogen (secondary N) is 3. The molecule has 2 aromatic heterocycles. The Bertz CT molecular complexity index is 982.